The Bertz CT molecular complexity index is 1060. The van der Waals surface area contributed by atoms with Crippen molar-refractivity contribution in [2.45, 2.75) is 24.5 Å². The first-order valence-corrected chi connectivity index (χ1v) is 10.6. The summed E-state index contributed by atoms with van der Waals surface area (Å²) in [5.41, 5.74) is 5.73. The van der Waals surface area contributed by atoms with E-state index >= 15 is 0 Å². The van der Waals surface area contributed by atoms with Crippen molar-refractivity contribution in [3.8, 4) is 0 Å². The number of oxime groups is 1. The molecular formula is C26H24N2O. The van der Waals surface area contributed by atoms with Gasteiger partial charge in [-0.05, 0) is 29.5 Å². The highest BCUT2D eigenvalue weighted by Crippen LogP contribution is 2.59. The molecule has 29 heavy (non-hydrogen) atoms. The zero-order chi connectivity index (χ0) is 19.3. The Morgan fingerprint density at radius 1 is 0.793 bits per heavy atom. The summed E-state index contributed by atoms with van der Waals surface area (Å²) < 4.78 is 0. The zero-order valence-corrected chi connectivity index (χ0v) is 16.4. The molecule has 1 saturated heterocycles. The molecule has 3 nitrogen and oxygen atoms in total. The molecule has 3 atom stereocenters. The Morgan fingerprint density at radius 2 is 1.45 bits per heavy atom. The van der Waals surface area contributed by atoms with Crippen molar-refractivity contribution in [3.05, 3.63) is 107 Å². The molecular weight excluding hydrogens is 356 g/mol. The molecule has 0 radical (unpaired) electrons. The van der Waals surface area contributed by atoms with Crippen molar-refractivity contribution in [1.29, 1.82) is 0 Å². The highest BCUT2D eigenvalue weighted by atomic mass is 16.7. The number of likely N-dealkylation sites (tertiary alicyclic amines) is 1. The summed E-state index contributed by atoms with van der Waals surface area (Å²) in [6.45, 7) is 2.12. The third-order valence-electron chi connectivity index (χ3n) is 6.82. The van der Waals surface area contributed by atoms with Crippen LogP contribution in [0.15, 0.2) is 90.1 Å². The summed E-state index contributed by atoms with van der Waals surface area (Å²) in [5.74, 6) is 0.372. The van der Waals surface area contributed by atoms with Gasteiger partial charge in [-0.1, -0.05) is 90.1 Å². The Labute approximate surface area is 171 Å². The standard InChI is InChI=1S/C26H24N2O/c1-3-11-19(12-4-1)23-21-15-7-8-16-22(21)26(28-17-9-10-18-28)24(23)25(27-29-26)20-13-5-2-6-14-20/h1-8,11-16,23-24H,9-10,17-18H2/t23-,24-,26-/m0/s1. The van der Waals surface area contributed by atoms with Crippen molar-refractivity contribution in [2.24, 2.45) is 11.1 Å². The highest BCUT2D eigenvalue weighted by Gasteiger charge is 2.63. The van der Waals surface area contributed by atoms with Crippen molar-refractivity contribution in [3.63, 3.8) is 0 Å². The van der Waals surface area contributed by atoms with Crippen molar-refractivity contribution in [2.75, 3.05) is 13.1 Å². The predicted octanol–water partition coefficient (Wildman–Crippen LogP) is 5.13. The normalized spacial score (nSPS) is 27.9. The molecule has 3 heteroatoms. The fraction of sp³-hybridized carbons (Fsp3) is 0.269. The smallest absolute Gasteiger partial charge is 0.226 e. The molecule has 3 aromatic carbocycles. The molecule has 0 spiro atoms. The van der Waals surface area contributed by atoms with Gasteiger partial charge >= 0.3 is 0 Å². The second kappa shape index (κ2) is 6.57. The molecule has 144 valence electrons. The first-order chi connectivity index (χ1) is 14.4. The van der Waals surface area contributed by atoms with E-state index in [9.17, 15) is 0 Å². The summed E-state index contributed by atoms with van der Waals surface area (Å²) in [6, 6.07) is 30.3. The SMILES string of the molecule is c1ccc(C2=NO[C@@]3(N4CCCC4)c4ccccc4[C@H](c4ccccc4)[C@@H]23)cc1. The number of hydrogen-bond acceptors (Lipinski definition) is 3. The van der Waals surface area contributed by atoms with Gasteiger partial charge in [-0.15, -0.1) is 0 Å². The molecule has 0 N–H and O–H groups in total. The topological polar surface area (TPSA) is 24.8 Å². The third-order valence-corrected chi connectivity index (χ3v) is 6.82. The van der Waals surface area contributed by atoms with Crippen molar-refractivity contribution < 1.29 is 4.84 Å². The van der Waals surface area contributed by atoms with Gasteiger partial charge in [-0.25, -0.2) is 0 Å². The maximum Gasteiger partial charge on any atom is 0.226 e. The molecule has 6 rings (SSSR count). The summed E-state index contributed by atoms with van der Waals surface area (Å²) >= 11 is 0. The Kier molecular flexibility index (Phi) is 3.85. The van der Waals surface area contributed by atoms with E-state index in [0.29, 0.717) is 0 Å². The molecule has 0 unspecified atom stereocenters. The average molecular weight is 380 g/mol. The van der Waals surface area contributed by atoms with Gasteiger partial charge in [0.15, 0.2) is 0 Å². The fourth-order valence-electron chi connectivity index (χ4n) is 5.64. The van der Waals surface area contributed by atoms with Gasteiger partial charge in [-0.2, -0.15) is 0 Å². The molecule has 3 aliphatic rings. The minimum Gasteiger partial charge on any atom is -0.367 e. The van der Waals surface area contributed by atoms with Crippen molar-refractivity contribution in [1.82, 2.24) is 4.90 Å². The van der Waals surface area contributed by atoms with Gasteiger partial charge in [-0.3, -0.25) is 4.90 Å². The first kappa shape index (κ1) is 17.0. The summed E-state index contributed by atoms with van der Waals surface area (Å²) in [5, 5.41) is 4.76. The number of fused-ring (bicyclic) bond motifs is 3. The van der Waals surface area contributed by atoms with Crippen molar-refractivity contribution >= 4 is 5.71 Å². The predicted molar refractivity (Wildman–Crippen MR) is 115 cm³/mol. The Hall–Kier alpha value is -2.91. The quantitative estimate of drug-likeness (QED) is 0.629. The van der Waals surface area contributed by atoms with Gasteiger partial charge in [0.2, 0.25) is 5.72 Å². The van der Waals surface area contributed by atoms with Gasteiger partial charge in [0.1, 0.15) is 0 Å². The van der Waals surface area contributed by atoms with Crippen LogP contribution in [0.1, 0.15) is 41.0 Å². The molecule has 1 fully saturated rings. The maximum atomic E-state index is 6.51. The number of hydrogen-bond donors (Lipinski definition) is 0. The number of benzene rings is 3. The van der Waals surface area contributed by atoms with Crippen LogP contribution in [-0.4, -0.2) is 23.7 Å². The van der Waals surface area contributed by atoms with E-state index < -0.39 is 5.72 Å². The molecule has 0 bridgehead atoms. The molecule has 3 aromatic rings. The lowest BCUT2D eigenvalue weighted by molar-refractivity contribution is -0.155. The summed E-state index contributed by atoms with van der Waals surface area (Å²) in [7, 11) is 0. The second-order valence-electron chi connectivity index (χ2n) is 8.28. The van der Waals surface area contributed by atoms with E-state index in [1.54, 1.807) is 0 Å². The van der Waals surface area contributed by atoms with E-state index in [1.807, 2.05) is 0 Å². The third kappa shape index (κ3) is 2.37. The minimum absolute atomic E-state index is 0.141. The maximum absolute atomic E-state index is 6.51. The molecule has 2 aliphatic heterocycles. The lowest BCUT2D eigenvalue weighted by atomic mass is 9.78. The minimum atomic E-state index is -0.501. The van der Waals surface area contributed by atoms with Crippen LogP contribution in [0.4, 0.5) is 0 Å². The lowest BCUT2D eigenvalue weighted by Crippen LogP contribution is -2.49. The molecule has 1 aliphatic carbocycles. The summed E-state index contributed by atoms with van der Waals surface area (Å²) in [6.07, 6.45) is 2.44. The van der Waals surface area contributed by atoms with Crippen LogP contribution < -0.4 is 0 Å². The highest BCUT2D eigenvalue weighted by molar-refractivity contribution is 6.05. The fourth-order valence-corrected chi connectivity index (χ4v) is 5.64. The monoisotopic (exact) mass is 380 g/mol. The van der Waals surface area contributed by atoms with E-state index in [-0.39, 0.29) is 11.8 Å². The second-order valence-corrected chi connectivity index (χ2v) is 8.28. The number of nitrogens with zero attached hydrogens (tertiary/aromatic N) is 2. The molecule has 0 amide bonds. The van der Waals surface area contributed by atoms with Gasteiger partial charge in [0.05, 0.1) is 11.6 Å². The number of rotatable bonds is 3. The van der Waals surface area contributed by atoms with E-state index in [2.05, 4.69) is 89.8 Å². The van der Waals surface area contributed by atoms with Crippen LogP contribution in [0.5, 0.6) is 0 Å². The first-order valence-electron chi connectivity index (χ1n) is 10.6. The molecule has 0 saturated carbocycles. The van der Waals surface area contributed by atoms with Gasteiger partial charge < -0.3 is 4.84 Å². The lowest BCUT2D eigenvalue weighted by Gasteiger charge is -2.38. The van der Waals surface area contributed by atoms with E-state index in [4.69, 9.17) is 9.99 Å². The van der Waals surface area contributed by atoms with Crippen LogP contribution in [-0.2, 0) is 10.6 Å². The average Bonchev–Trinajstić information content (AvgIpc) is 3.50. The molecule has 0 aromatic heterocycles. The van der Waals surface area contributed by atoms with Gasteiger partial charge in [0, 0.05) is 24.6 Å². The van der Waals surface area contributed by atoms with E-state index in [1.165, 1.54) is 29.5 Å². The van der Waals surface area contributed by atoms with Crippen LogP contribution in [0, 0.1) is 5.92 Å². The van der Waals surface area contributed by atoms with Gasteiger partial charge in [0.25, 0.3) is 0 Å². The van der Waals surface area contributed by atoms with Crippen LogP contribution in [0.25, 0.3) is 0 Å². The largest absolute Gasteiger partial charge is 0.367 e. The Balaban J connectivity index is 1.59. The summed E-state index contributed by atoms with van der Waals surface area (Å²) in [4.78, 5) is 9.05. The van der Waals surface area contributed by atoms with Crippen LogP contribution in [0.2, 0.25) is 0 Å². The Morgan fingerprint density at radius 3 is 2.21 bits per heavy atom. The van der Waals surface area contributed by atoms with E-state index in [0.717, 1.165) is 24.4 Å². The van der Waals surface area contributed by atoms with Crippen LogP contribution in [0.3, 0.4) is 0 Å². The molecule has 2 heterocycles. The zero-order valence-electron chi connectivity index (χ0n) is 16.4. The van der Waals surface area contributed by atoms with Crippen LogP contribution >= 0.6 is 0 Å².